The lowest BCUT2D eigenvalue weighted by molar-refractivity contribution is -0.121. The first kappa shape index (κ1) is 23.4. The van der Waals surface area contributed by atoms with E-state index in [0.717, 1.165) is 5.69 Å². The normalized spacial score (nSPS) is 14.6. The quantitative estimate of drug-likeness (QED) is 0.515. The molecule has 1 aliphatic rings. The second-order valence-electron chi connectivity index (χ2n) is 8.07. The van der Waals surface area contributed by atoms with E-state index < -0.39 is 11.8 Å². The van der Waals surface area contributed by atoms with E-state index in [4.69, 9.17) is 14.7 Å². The third-order valence-corrected chi connectivity index (χ3v) is 5.84. The van der Waals surface area contributed by atoms with Crippen molar-refractivity contribution in [3.63, 3.8) is 0 Å². The largest absolute Gasteiger partial charge is 0.385 e. The van der Waals surface area contributed by atoms with Gasteiger partial charge in [0.2, 0.25) is 5.91 Å². The number of nitriles is 1. The lowest BCUT2D eigenvalue weighted by Crippen LogP contribution is -2.47. The Bertz CT molecular complexity index is 1170. The van der Waals surface area contributed by atoms with E-state index in [1.54, 1.807) is 19.2 Å². The summed E-state index contributed by atoms with van der Waals surface area (Å²) in [6, 6.07) is 16.0. The number of nitrogens with one attached hydrogen (secondary N) is 1. The Labute approximate surface area is 198 Å². The monoisotopic (exact) mass is 462 g/mol. The fourth-order valence-corrected chi connectivity index (χ4v) is 4.03. The summed E-state index contributed by atoms with van der Waals surface area (Å²) < 4.78 is 18.3. The molecule has 9 heteroatoms. The van der Waals surface area contributed by atoms with Gasteiger partial charge in [-0.3, -0.25) is 4.79 Å². The van der Waals surface area contributed by atoms with Gasteiger partial charge < -0.3 is 19.9 Å². The molecule has 4 rings (SSSR count). The summed E-state index contributed by atoms with van der Waals surface area (Å²) in [4.78, 5) is 26.6. The molecule has 1 fully saturated rings. The van der Waals surface area contributed by atoms with Crippen molar-refractivity contribution in [2.45, 2.75) is 12.3 Å². The Morgan fingerprint density at radius 3 is 2.38 bits per heavy atom. The molecule has 34 heavy (non-hydrogen) atoms. The van der Waals surface area contributed by atoms with E-state index in [-0.39, 0.29) is 5.82 Å². The first-order valence-electron chi connectivity index (χ1n) is 11.3. The van der Waals surface area contributed by atoms with Crippen LogP contribution < -0.4 is 15.1 Å². The summed E-state index contributed by atoms with van der Waals surface area (Å²) in [5.41, 5.74) is 2.66. The Morgan fingerprint density at radius 2 is 1.74 bits per heavy atom. The highest BCUT2D eigenvalue weighted by Gasteiger charge is 2.30. The van der Waals surface area contributed by atoms with Gasteiger partial charge in [-0.1, -0.05) is 12.1 Å². The van der Waals surface area contributed by atoms with Crippen molar-refractivity contribution in [1.82, 2.24) is 15.3 Å². The van der Waals surface area contributed by atoms with Crippen molar-refractivity contribution in [2.24, 2.45) is 0 Å². The molecule has 0 spiro atoms. The van der Waals surface area contributed by atoms with Gasteiger partial charge >= 0.3 is 0 Å². The van der Waals surface area contributed by atoms with Crippen LogP contribution in [-0.4, -0.2) is 62.3 Å². The number of ether oxygens (including phenoxy) is 1. The van der Waals surface area contributed by atoms with Crippen molar-refractivity contribution >= 4 is 28.4 Å². The minimum Gasteiger partial charge on any atom is -0.385 e. The number of methoxy groups -OCH3 is 1. The zero-order valence-corrected chi connectivity index (χ0v) is 19.1. The van der Waals surface area contributed by atoms with Crippen LogP contribution in [0.4, 0.5) is 15.9 Å². The Balaban J connectivity index is 1.59. The molecule has 0 bridgehead atoms. The van der Waals surface area contributed by atoms with E-state index in [9.17, 15) is 14.4 Å². The number of amides is 1. The highest BCUT2D eigenvalue weighted by molar-refractivity contribution is 5.88. The van der Waals surface area contributed by atoms with Crippen LogP contribution in [0.15, 0.2) is 48.5 Å². The van der Waals surface area contributed by atoms with Gasteiger partial charge in [0, 0.05) is 52.1 Å². The third-order valence-electron chi connectivity index (χ3n) is 5.84. The molecule has 176 valence electrons. The molecular formula is C25H27FN6O2. The van der Waals surface area contributed by atoms with Gasteiger partial charge in [0.1, 0.15) is 11.5 Å². The van der Waals surface area contributed by atoms with Crippen LogP contribution in [0.2, 0.25) is 0 Å². The highest BCUT2D eigenvalue weighted by Crippen LogP contribution is 2.29. The fourth-order valence-electron chi connectivity index (χ4n) is 4.03. The standard InChI is InChI=1S/C25H27FN6O2/c1-34-16-4-11-28-25(33)20(17-27)23-24(30-22-6-3-2-5-21(22)29-23)32-14-12-31(13-15-32)19-9-7-18(26)8-10-19/h2-3,5-10,20H,4,11-16H2,1H3,(H,28,33). The lowest BCUT2D eigenvalue weighted by atomic mass is 10.0. The molecule has 1 unspecified atom stereocenters. The zero-order valence-electron chi connectivity index (χ0n) is 19.1. The van der Waals surface area contributed by atoms with Crippen molar-refractivity contribution < 1.29 is 13.9 Å². The second kappa shape index (κ2) is 10.9. The molecule has 1 saturated heterocycles. The van der Waals surface area contributed by atoms with Crippen molar-refractivity contribution in [3.05, 3.63) is 60.0 Å². The SMILES string of the molecule is COCCCNC(=O)C(C#N)c1nc2ccccc2nc1N1CCN(c2ccc(F)cc2)CC1. The minimum atomic E-state index is -1.08. The summed E-state index contributed by atoms with van der Waals surface area (Å²) in [5.74, 6) is -1.18. The predicted molar refractivity (Wildman–Crippen MR) is 128 cm³/mol. The topological polar surface area (TPSA) is 94.4 Å². The Kier molecular flexibility index (Phi) is 7.50. The number of aromatic nitrogens is 2. The van der Waals surface area contributed by atoms with E-state index >= 15 is 0 Å². The number of benzene rings is 2. The number of fused-ring (bicyclic) bond motifs is 1. The van der Waals surface area contributed by atoms with Crippen LogP contribution >= 0.6 is 0 Å². The Hall–Kier alpha value is -3.77. The van der Waals surface area contributed by atoms with Crippen LogP contribution in [0.5, 0.6) is 0 Å². The molecule has 1 amide bonds. The molecule has 2 aromatic carbocycles. The maximum absolute atomic E-state index is 13.3. The molecule has 1 atom stereocenters. The predicted octanol–water partition coefficient (Wildman–Crippen LogP) is 2.86. The molecule has 0 aliphatic carbocycles. The lowest BCUT2D eigenvalue weighted by Gasteiger charge is -2.37. The van der Waals surface area contributed by atoms with Crippen molar-refractivity contribution in [3.8, 4) is 6.07 Å². The first-order chi connectivity index (χ1) is 16.6. The minimum absolute atomic E-state index is 0.262. The van der Waals surface area contributed by atoms with Gasteiger partial charge in [-0.05, 0) is 42.8 Å². The van der Waals surface area contributed by atoms with Gasteiger partial charge in [0.15, 0.2) is 11.7 Å². The zero-order chi connectivity index (χ0) is 23.9. The van der Waals surface area contributed by atoms with Gasteiger partial charge in [-0.2, -0.15) is 5.26 Å². The van der Waals surface area contributed by atoms with Gasteiger partial charge in [0.05, 0.1) is 17.1 Å². The number of para-hydroxylation sites is 2. The number of anilines is 2. The number of rotatable bonds is 8. The number of hydrogen-bond acceptors (Lipinski definition) is 7. The molecule has 3 aromatic rings. The molecule has 0 saturated carbocycles. The molecule has 8 nitrogen and oxygen atoms in total. The molecular weight excluding hydrogens is 435 g/mol. The maximum Gasteiger partial charge on any atom is 0.243 e. The van der Waals surface area contributed by atoms with Crippen LogP contribution in [0, 0.1) is 17.1 Å². The van der Waals surface area contributed by atoms with Gasteiger partial charge in [-0.15, -0.1) is 0 Å². The summed E-state index contributed by atoms with van der Waals surface area (Å²) in [6.07, 6.45) is 0.655. The number of halogens is 1. The van der Waals surface area contributed by atoms with Crippen molar-refractivity contribution in [1.29, 1.82) is 5.26 Å². The summed E-state index contributed by atoms with van der Waals surface area (Å²) in [7, 11) is 1.60. The molecule has 2 heterocycles. The average molecular weight is 463 g/mol. The van der Waals surface area contributed by atoms with Gasteiger partial charge in [0.25, 0.3) is 0 Å². The maximum atomic E-state index is 13.3. The molecule has 1 N–H and O–H groups in total. The number of piperazine rings is 1. The molecule has 1 aromatic heterocycles. The van der Waals surface area contributed by atoms with Gasteiger partial charge in [-0.25, -0.2) is 14.4 Å². The number of carbonyl (C=O) groups excluding carboxylic acids is 1. The molecule has 1 aliphatic heterocycles. The van der Waals surface area contributed by atoms with E-state index in [2.05, 4.69) is 21.2 Å². The number of hydrogen-bond donors (Lipinski definition) is 1. The Morgan fingerprint density at radius 1 is 1.09 bits per heavy atom. The van der Waals surface area contributed by atoms with Crippen LogP contribution in [-0.2, 0) is 9.53 Å². The molecule has 0 radical (unpaired) electrons. The van der Waals surface area contributed by atoms with Crippen LogP contribution in [0.1, 0.15) is 18.0 Å². The highest BCUT2D eigenvalue weighted by atomic mass is 19.1. The number of nitrogens with zero attached hydrogens (tertiary/aromatic N) is 5. The summed E-state index contributed by atoms with van der Waals surface area (Å²) >= 11 is 0. The van der Waals surface area contributed by atoms with Crippen LogP contribution in [0.3, 0.4) is 0 Å². The van der Waals surface area contributed by atoms with E-state index in [0.29, 0.717) is 68.3 Å². The first-order valence-corrected chi connectivity index (χ1v) is 11.3. The van der Waals surface area contributed by atoms with Crippen molar-refractivity contribution in [2.75, 3.05) is 56.2 Å². The average Bonchev–Trinajstić information content (AvgIpc) is 2.87. The summed E-state index contributed by atoms with van der Waals surface area (Å²) in [5, 5.41) is 12.7. The smallest absolute Gasteiger partial charge is 0.243 e. The number of carbonyl (C=O) groups is 1. The summed E-state index contributed by atoms with van der Waals surface area (Å²) in [6.45, 7) is 3.59. The third kappa shape index (κ3) is 5.24. The van der Waals surface area contributed by atoms with E-state index in [1.807, 2.05) is 24.3 Å². The van der Waals surface area contributed by atoms with E-state index in [1.165, 1.54) is 12.1 Å². The fraction of sp³-hybridized carbons (Fsp3) is 0.360. The second-order valence-corrected chi connectivity index (χ2v) is 8.07. The van der Waals surface area contributed by atoms with Crippen LogP contribution in [0.25, 0.3) is 11.0 Å².